The number of anilines is 1. The normalized spacial score (nSPS) is 10.9. The van der Waals surface area contributed by atoms with Crippen molar-refractivity contribution in [1.29, 1.82) is 0 Å². The van der Waals surface area contributed by atoms with Crippen LogP contribution in [0.3, 0.4) is 0 Å². The Kier molecular flexibility index (Phi) is 3.23. The van der Waals surface area contributed by atoms with Crippen molar-refractivity contribution < 1.29 is 4.79 Å². The monoisotopic (exact) mass is 286 g/mol. The summed E-state index contributed by atoms with van der Waals surface area (Å²) < 4.78 is 0.898. The van der Waals surface area contributed by atoms with Gasteiger partial charge >= 0.3 is 0 Å². The number of fused-ring (bicyclic) bond motifs is 1. The summed E-state index contributed by atoms with van der Waals surface area (Å²) in [5.41, 5.74) is 5.25. The van der Waals surface area contributed by atoms with Gasteiger partial charge in [0.15, 0.2) is 5.82 Å². The zero-order chi connectivity index (χ0) is 14.1. The van der Waals surface area contributed by atoms with Gasteiger partial charge in [-0.15, -0.1) is 11.3 Å². The Labute approximate surface area is 120 Å². The zero-order valence-electron chi connectivity index (χ0n) is 11.2. The predicted molar refractivity (Wildman–Crippen MR) is 80.3 cm³/mol. The van der Waals surface area contributed by atoms with Crippen LogP contribution >= 0.6 is 11.3 Å². The molecule has 2 aromatic heterocycles. The van der Waals surface area contributed by atoms with E-state index < -0.39 is 0 Å². The number of thiazole rings is 1. The van der Waals surface area contributed by atoms with Crippen LogP contribution in [0.4, 0.5) is 5.82 Å². The number of aryl methyl sites for hydroxylation is 1. The van der Waals surface area contributed by atoms with Gasteiger partial charge in [-0.3, -0.25) is 9.89 Å². The standard InChI is InChI=1S/C14H14N4OS/c1-3-9-8(2)17-18-13(9)16-14(19)10-5-4-6-11-12(10)20-7-15-11/h4-7H,3H2,1-2H3,(H2,16,17,18,19). The number of H-pyrrole nitrogens is 1. The Morgan fingerprint density at radius 1 is 1.45 bits per heavy atom. The van der Waals surface area contributed by atoms with E-state index in [1.807, 2.05) is 26.0 Å². The van der Waals surface area contributed by atoms with Crippen LogP contribution in [-0.4, -0.2) is 21.1 Å². The van der Waals surface area contributed by atoms with Crippen molar-refractivity contribution in [3.8, 4) is 0 Å². The van der Waals surface area contributed by atoms with Crippen LogP contribution in [0, 0.1) is 6.92 Å². The van der Waals surface area contributed by atoms with E-state index >= 15 is 0 Å². The summed E-state index contributed by atoms with van der Waals surface area (Å²) in [6, 6.07) is 5.55. The topological polar surface area (TPSA) is 70.7 Å². The molecule has 2 N–H and O–H groups in total. The van der Waals surface area contributed by atoms with E-state index in [4.69, 9.17) is 0 Å². The number of rotatable bonds is 3. The van der Waals surface area contributed by atoms with Crippen molar-refractivity contribution in [3.05, 3.63) is 40.5 Å². The number of nitrogens with one attached hydrogen (secondary N) is 2. The zero-order valence-corrected chi connectivity index (χ0v) is 12.0. The number of carbonyl (C=O) groups excluding carboxylic acids is 1. The second-order valence-corrected chi connectivity index (χ2v) is 5.34. The molecule has 0 aliphatic heterocycles. The van der Waals surface area contributed by atoms with Crippen LogP contribution in [0.15, 0.2) is 23.7 Å². The van der Waals surface area contributed by atoms with E-state index in [1.54, 1.807) is 11.6 Å². The van der Waals surface area contributed by atoms with Crippen molar-refractivity contribution in [1.82, 2.24) is 15.2 Å². The van der Waals surface area contributed by atoms with E-state index in [1.165, 1.54) is 11.3 Å². The number of carbonyl (C=O) groups is 1. The number of amides is 1. The lowest BCUT2D eigenvalue weighted by molar-refractivity contribution is 0.102. The molecule has 1 amide bonds. The second kappa shape index (κ2) is 5.05. The van der Waals surface area contributed by atoms with Crippen molar-refractivity contribution >= 4 is 33.3 Å². The molecule has 20 heavy (non-hydrogen) atoms. The molecule has 0 spiro atoms. The molecule has 2 heterocycles. The average molecular weight is 286 g/mol. The summed E-state index contributed by atoms with van der Waals surface area (Å²) in [7, 11) is 0. The Morgan fingerprint density at radius 2 is 2.30 bits per heavy atom. The fourth-order valence-corrected chi connectivity index (χ4v) is 3.03. The summed E-state index contributed by atoms with van der Waals surface area (Å²) >= 11 is 1.47. The maximum atomic E-state index is 12.4. The van der Waals surface area contributed by atoms with Gasteiger partial charge in [0.1, 0.15) is 0 Å². The summed E-state index contributed by atoms with van der Waals surface area (Å²) in [5.74, 6) is 0.456. The minimum Gasteiger partial charge on any atom is -0.305 e. The van der Waals surface area contributed by atoms with Crippen molar-refractivity contribution in [2.24, 2.45) is 0 Å². The SMILES string of the molecule is CCc1c(NC(=O)c2cccc3ncsc23)n[nH]c1C. The van der Waals surface area contributed by atoms with Gasteiger partial charge < -0.3 is 5.32 Å². The highest BCUT2D eigenvalue weighted by Crippen LogP contribution is 2.24. The van der Waals surface area contributed by atoms with Gasteiger partial charge in [-0.2, -0.15) is 5.10 Å². The number of aromatic amines is 1. The Bertz CT molecular complexity index is 774. The van der Waals surface area contributed by atoms with Crippen LogP contribution in [0.2, 0.25) is 0 Å². The van der Waals surface area contributed by atoms with Crippen LogP contribution < -0.4 is 5.32 Å². The molecule has 0 saturated heterocycles. The molecule has 5 nitrogen and oxygen atoms in total. The van der Waals surface area contributed by atoms with Gasteiger partial charge in [0.25, 0.3) is 5.91 Å². The lowest BCUT2D eigenvalue weighted by atomic mass is 10.1. The molecule has 0 atom stereocenters. The predicted octanol–water partition coefficient (Wildman–Crippen LogP) is 3.14. The number of benzene rings is 1. The van der Waals surface area contributed by atoms with Gasteiger partial charge in [0.2, 0.25) is 0 Å². The molecule has 0 saturated carbocycles. The van der Waals surface area contributed by atoms with Crippen LogP contribution in [-0.2, 0) is 6.42 Å². The molecule has 0 aliphatic rings. The van der Waals surface area contributed by atoms with Crippen LogP contribution in [0.5, 0.6) is 0 Å². The minimum atomic E-state index is -0.152. The van der Waals surface area contributed by atoms with E-state index in [0.29, 0.717) is 11.4 Å². The molecule has 0 radical (unpaired) electrons. The second-order valence-electron chi connectivity index (χ2n) is 4.49. The van der Waals surface area contributed by atoms with Gasteiger partial charge in [-0.1, -0.05) is 13.0 Å². The Hall–Kier alpha value is -2.21. The first kappa shape index (κ1) is 12.8. The first-order chi connectivity index (χ1) is 9.70. The lowest BCUT2D eigenvalue weighted by Crippen LogP contribution is -2.13. The highest BCUT2D eigenvalue weighted by molar-refractivity contribution is 7.17. The lowest BCUT2D eigenvalue weighted by Gasteiger charge is -2.05. The van der Waals surface area contributed by atoms with Gasteiger partial charge in [-0.25, -0.2) is 4.98 Å². The Morgan fingerprint density at radius 3 is 3.10 bits per heavy atom. The molecule has 3 aromatic rings. The summed E-state index contributed by atoms with van der Waals surface area (Å²) in [6.45, 7) is 3.99. The third kappa shape index (κ3) is 2.08. The van der Waals surface area contributed by atoms with E-state index in [0.717, 1.165) is 27.9 Å². The van der Waals surface area contributed by atoms with Gasteiger partial charge in [0.05, 0.1) is 21.3 Å². The highest BCUT2D eigenvalue weighted by Gasteiger charge is 2.15. The van der Waals surface area contributed by atoms with Crippen molar-refractivity contribution in [2.45, 2.75) is 20.3 Å². The van der Waals surface area contributed by atoms with Crippen molar-refractivity contribution in [2.75, 3.05) is 5.32 Å². The van der Waals surface area contributed by atoms with Crippen LogP contribution in [0.25, 0.3) is 10.2 Å². The molecule has 3 rings (SSSR count). The number of hydrogen-bond acceptors (Lipinski definition) is 4. The molecular formula is C14H14N4OS. The summed E-state index contributed by atoms with van der Waals surface area (Å²) in [6.07, 6.45) is 0.822. The smallest absolute Gasteiger partial charge is 0.258 e. The largest absolute Gasteiger partial charge is 0.305 e. The maximum absolute atomic E-state index is 12.4. The number of hydrogen-bond donors (Lipinski definition) is 2. The average Bonchev–Trinajstić information content (AvgIpc) is 3.05. The molecule has 0 fully saturated rings. The number of nitrogens with zero attached hydrogens (tertiary/aromatic N) is 2. The third-order valence-electron chi connectivity index (χ3n) is 3.26. The highest BCUT2D eigenvalue weighted by atomic mass is 32.1. The van der Waals surface area contributed by atoms with Gasteiger partial charge in [0, 0.05) is 11.3 Å². The van der Waals surface area contributed by atoms with Crippen molar-refractivity contribution in [3.63, 3.8) is 0 Å². The van der Waals surface area contributed by atoms with E-state index in [-0.39, 0.29) is 5.91 Å². The number of aromatic nitrogens is 3. The first-order valence-electron chi connectivity index (χ1n) is 6.38. The quantitative estimate of drug-likeness (QED) is 0.777. The fraction of sp³-hybridized carbons (Fsp3) is 0.214. The van der Waals surface area contributed by atoms with Gasteiger partial charge in [-0.05, 0) is 25.5 Å². The minimum absolute atomic E-state index is 0.152. The maximum Gasteiger partial charge on any atom is 0.258 e. The van der Waals surface area contributed by atoms with E-state index in [9.17, 15) is 4.79 Å². The molecule has 0 aliphatic carbocycles. The fourth-order valence-electron chi connectivity index (χ4n) is 2.23. The molecule has 102 valence electrons. The van der Waals surface area contributed by atoms with Crippen LogP contribution in [0.1, 0.15) is 28.5 Å². The summed E-state index contributed by atoms with van der Waals surface area (Å²) in [4.78, 5) is 16.6. The molecule has 1 aromatic carbocycles. The molecular weight excluding hydrogens is 272 g/mol. The third-order valence-corrected chi connectivity index (χ3v) is 4.14. The molecule has 0 bridgehead atoms. The van der Waals surface area contributed by atoms with E-state index in [2.05, 4.69) is 20.5 Å². The molecule has 6 heteroatoms. The summed E-state index contributed by atoms with van der Waals surface area (Å²) in [5, 5.41) is 9.93. The molecule has 0 unspecified atom stereocenters. The Balaban J connectivity index is 1.95. The first-order valence-corrected chi connectivity index (χ1v) is 7.26.